The van der Waals surface area contributed by atoms with Gasteiger partial charge in [0.1, 0.15) is 12.2 Å². The Labute approximate surface area is 114 Å². The van der Waals surface area contributed by atoms with Crippen LogP contribution in [0.25, 0.3) is 0 Å². The summed E-state index contributed by atoms with van der Waals surface area (Å²) in [5.74, 6) is -1.40. The van der Waals surface area contributed by atoms with E-state index in [-0.39, 0.29) is 13.2 Å². The molecule has 4 atom stereocenters. The first-order valence-corrected chi connectivity index (χ1v) is 7.06. The smallest absolute Gasteiger partial charge is 0.342 e. The Hall–Kier alpha value is -0.540. The SMILES string of the molecule is CCOC(=O)[C@@]1(C)OS(=O)OC1[C@H]1COC(C)(C)O1. The van der Waals surface area contributed by atoms with Crippen LogP contribution in [0.5, 0.6) is 0 Å². The van der Waals surface area contributed by atoms with Gasteiger partial charge in [-0.25, -0.2) is 8.98 Å². The number of carbonyl (C=O) groups is 1. The van der Waals surface area contributed by atoms with E-state index in [1.807, 2.05) is 0 Å². The summed E-state index contributed by atoms with van der Waals surface area (Å²) in [6, 6.07) is 0. The molecule has 7 nitrogen and oxygen atoms in total. The standard InChI is InChI=1S/C11H18O7S/c1-5-14-9(12)11(4)8(17-19(13)18-11)7-6-15-10(2,3)16-7/h7-8H,5-6H2,1-4H3/t7-,8?,11+,19?/m1/s1. The van der Waals surface area contributed by atoms with Gasteiger partial charge in [-0.15, -0.1) is 0 Å². The molecule has 2 unspecified atom stereocenters. The van der Waals surface area contributed by atoms with Crippen molar-refractivity contribution >= 4 is 17.3 Å². The summed E-state index contributed by atoms with van der Waals surface area (Å²) in [5.41, 5.74) is -1.46. The van der Waals surface area contributed by atoms with Crippen molar-refractivity contribution in [3.63, 3.8) is 0 Å². The van der Waals surface area contributed by atoms with Crippen LogP contribution in [0.15, 0.2) is 0 Å². The van der Waals surface area contributed by atoms with E-state index >= 15 is 0 Å². The van der Waals surface area contributed by atoms with Gasteiger partial charge in [0.2, 0.25) is 5.60 Å². The fraction of sp³-hybridized carbons (Fsp3) is 0.909. The molecule has 0 amide bonds. The second-order valence-corrected chi connectivity index (χ2v) is 5.77. The Balaban J connectivity index is 2.18. The van der Waals surface area contributed by atoms with E-state index in [0.717, 1.165) is 0 Å². The largest absolute Gasteiger partial charge is 0.464 e. The molecule has 2 aliphatic heterocycles. The van der Waals surface area contributed by atoms with Gasteiger partial charge in [0.05, 0.1) is 13.2 Å². The predicted molar refractivity (Wildman–Crippen MR) is 64.0 cm³/mol. The highest BCUT2D eigenvalue weighted by molar-refractivity contribution is 7.75. The summed E-state index contributed by atoms with van der Waals surface area (Å²) in [7, 11) is 0. The number of esters is 1. The van der Waals surface area contributed by atoms with Crippen LogP contribution in [0.2, 0.25) is 0 Å². The predicted octanol–water partition coefficient (Wildman–Crippen LogP) is 0.454. The lowest BCUT2D eigenvalue weighted by Crippen LogP contribution is -2.52. The lowest BCUT2D eigenvalue weighted by atomic mass is 9.95. The lowest BCUT2D eigenvalue weighted by Gasteiger charge is -2.27. The third kappa shape index (κ3) is 2.82. The molecular weight excluding hydrogens is 276 g/mol. The highest BCUT2D eigenvalue weighted by Crippen LogP contribution is 2.37. The zero-order valence-corrected chi connectivity index (χ0v) is 12.2. The van der Waals surface area contributed by atoms with Gasteiger partial charge in [-0.3, -0.25) is 4.18 Å². The Morgan fingerprint density at radius 2 is 2.11 bits per heavy atom. The molecular formula is C11H18O7S. The fourth-order valence-corrected chi connectivity index (χ4v) is 3.05. The van der Waals surface area contributed by atoms with Crippen LogP contribution in [0.3, 0.4) is 0 Å². The normalized spacial score (nSPS) is 41.4. The zero-order chi connectivity index (χ0) is 14.3. The first-order valence-electron chi connectivity index (χ1n) is 6.06. The summed E-state index contributed by atoms with van der Waals surface area (Å²) in [4.78, 5) is 12.0. The minimum Gasteiger partial charge on any atom is -0.464 e. The van der Waals surface area contributed by atoms with Gasteiger partial charge in [-0.2, -0.15) is 4.21 Å². The van der Waals surface area contributed by atoms with E-state index in [1.54, 1.807) is 20.8 Å². The Morgan fingerprint density at radius 3 is 2.63 bits per heavy atom. The van der Waals surface area contributed by atoms with Crippen molar-refractivity contribution in [2.24, 2.45) is 0 Å². The molecule has 0 aliphatic carbocycles. The Bertz CT molecular complexity index is 397. The molecule has 2 rings (SSSR count). The average Bonchev–Trinajstić information content (AvgIpc) is 2.80. The van der Waals surface area contributed by atoms with Gasteiger partial charge in [-0.1, -0.05) is 0 Å². The summed E-state index contributed by atoms with van der Waals surface area (Å²) >= 11 is -2.00. The molecule has 110 valence electrons. The van der Waals surface area contributed by atoms with Crippen molar-refractivity contribution in [2.75, 3.05) is 13.2 Å². The van der Waals surface area contributed by atoms with Gasteiger partial charge in [0, 0.05) is 0 Å². The molecule has 2 saturated heterocycles. The van der Waals surface area contributed by atoms with E-state index in [2.05, 4.69) is 0 Å². The second-order valence-electron chi connectivity index (χ2n) is 5.00. The van der Waals surface area contributed by atoms with Crippen molar-refractivity contribution in [3.05, 3.63) is 0 Å². The molecule has 0 saturated carbocycles. The Kier molecular flexibility index (Phi) is 3.99. The quantitative estimate of drug-likeness (QED) is 0.699. The summed E-state index contributed by atoms with van der Waals surface area (Å²) in [6.45, 7) is 7.09. The number of ether oxygens (including phenoxy) is 3. The summed E-state index contributed by atoms with van der Waals surface area (Å²) in [6.07, 6.45) is -1.38. The first-order chi connectivity index (χ1) is 8.78. The molecule has 0 aromatic heterocycles. The molecule has 2 aliphatic rings. The number of rotatable bonds is 3. The lowest BCUT2D eigenvalue weighted by molar-refractivity contribution is -0.175. The topological polar surface area (TPSA) is 80.3 Å². The molecule has 0 bridgehead atoms. The second kappa shape index (κ2) is 5.10. The van der Waals surface area contributed by atoms with Crippen molar-refractivity contribution < 1.29 is 31.6 Å². The van der Waals surface area contributed by atoms with Crippen LogP contribution in [0.1, 0.15) is 27.7 Å². The van der Waals surface area contributed by atoms with E-state index in [4.69, 9.17) is 22.6 Å². The molecule has 2 heterocycles. The molecule has 0 radical (unpaired) electrons. The number of hydrogen-bond acceptors (Lipinski definition) is 7. The third-order valence-corrected chi connectivity index (χ3v) is 3.86. The fourth-order valence-electron chi connectivity index (χ4n) is 2.09. The van der Waals surface area contributed by atoms with Crippen molar-refractivity contribution in [1.82, 2.24) is 0 Å². The maximum Gasteiger partial charge on any atom is 0.342 e. The Morgan fingerprint density at radius 1 is 1.42 bits per heavy atom. The number of hydrogen-bond donors (Lipinski definition) is 0. The van der Waals surface area contributed by atoms with Crippen molar-refractivity contribution in [2.45, 2.75) is 51.3 Å². The van der Waals surface area contributed by atoms with Gasteiger partial charge >= 0.3 is 17.3 Å². The molecule has 0 aromatic carbocycles. The van der Waals surface area contributed by atoms with Crippen LogP contribution in [0.4, 0.5) is 0 Å². The zero-order valence-electron chi connectivity index (χ0n) is 11.3. The van der Waals surface area contributed by atoms with Gasteiger partial charge in [0.25, 0.3) is 0 Å². The highest BCUT2D eigenvalue weighted by Gasteiger charge is 2.59. The average molecular weight is 294 g/mol. The van der Waals surface area contributed by atoms with E-state index < -0.39 is 40.9 Å². The molecule has 0 aromatic rings. The highest BCUT2D eigenvalue weighted by atomic mass is 32.2. The van der Waals surface area contributed by atoms with Crippen LogP contribution < -0.4 is 0 Å². The van der Waals surface area contributed by atoms with Gasteiger partial charge < -0.3 is 14.2 Å². The van der Waals surface area contributed by atoms with Gasteiger partial charge in [0.15, 0.2) is 5.79 Å². The van der Waals surface area contributed by atoms with Crippen molar-refractivity contribution in [3.8, 4) is 0 Å². The van der Waals surface area contributed by atoms with E-state index in [9.17, 15) is 9.00 Å². The maximum absolute atomic E-state index is 12.0. The molecule has 19 heavy (non-hydrogen) atoms. The van der Waals surface area contributed by atoms with Crippen LogP contribution in [-0.2, 0) is 38.7 Å². The van der Waals surface area contributed by atoms with E-state index in [1.165, 1.54) is 6.92 Å². The molecule has 8 heteroatoms. The monoisotopic (exact) mass is 294 g/mol. The van der Waals surface area contributed by atoms with Crippen LogP contribution >= 0.6 is 0 Å². The first kappa shape index (κ1) is 14.9. The maximum atomic E-state index is 12.0. The molecule has 0 spiro atoms. The molecule has 2 fully saturated rings. The number of carbonyl (C=O) groups excluding carboxylic acids is 1. The minimum atomic E-state index is -2.00. The van der Waals surface area contributed by atoms with E-state index in [0.29, 0.717) is 0 Å². The summed E-state index contributed by atoms with van der Waals surface area (Å²) in [5, 5.41) is 0. The minimum absolute atomic E-state index is 0.199. The van der Waals surface area contributed by atoms with Crippen molar-refractivity contribution in [1.29, 1.82) is 0 Å². The summed E-state index contributed by atoms with van der Waals surface area (Å²) < 4.78 is 37.7. The van der Waals surface area contributed by atoms with Gasteiger partial charge in [-0.05, 0) is 27.7 Å². The third-order valence-electron chi connectivity index (χ3n) is 3.02. The molecule has 0 N–H and O–H groups in total. The van der Waals surface area contributed by atoms with Crippen LogP contribution in [0, 0.1) is 0 Å². The van der Waals surface area contributed by atoms with Crippen LogP contribution in [-0.4, -0.2) is 47.0 Å².